The quantitative estimate of drug-likeness (QED) is 0.749. The number of piperidine rings is 1. The van der Waals surface area contributed by atoms with E-state index in [0.717, 1.165) is 19.3 Å². The van der Waals surface area contributed by atoms with Crippen LogP contribution in [-0.4, -0.2) is 41.8 Å². The molecule has 1 atom stereocenters. The van der Waals surface area contributed by atoms with Gasteiger partial charge in [-0.05, 0) is 56.0 Å². The first-order valence-corrected chi connectivity index (χ1v) is 10.1. The van der Waals surface area contributed by atoms with Crippen molar-refractivity contribution in [2.75, 3.05) is 18.4 Å². The minimum absolute atomic E-state index is 0.218. The highest BCUT2D eigenvalue weighted by atomic mass is 35.5. The smallest absolute Gasteiger partial charge is 0.290 e. The van der Waals surface area contributed by atoms with Gasteiger partial charge < -0.3 is 20.0 Å². The fourth-order valence-corrected chi connectivity index (χ4v) is 3.59. The summed E-state index contributed by atoms with van der Waals surface area (Å²) in [6, 6.07) is 7.40. The monoisotopic (exact) mass is 417 g/mol. The van der Waals surface area contributed by atoms with E-state index in [4.69, 9.17) is 16.0 Å². The molecular weight excluding hydrogens is 394 g/mol. The molecule has 1 aromatic carbocycles. The molecule has 0 spiro atoms. The first kappa shape index (κ1) is 20.9. The van der Waals surface area contributed by atoms with Gasteiger partial charge in [-0.25, -0.2) is 0 Å². The van der Waals surface area contributed by atoms with Crippen LogP contribution in [0, 0.1) is 0 Å². The molecule has 2 N–H and O–H groups in total. The highest BCUT2D eigenvalue weighted by molar-refractivity contribution is 6.34. The predicted molar refractivity (Wildman–Crippen MR) is 110 cm³/mol. The van der Waals surface area contributed by atoms with E-state index in [9.17, 15) is 14.4 Å². The summed E-state index contributed by atoms with van der Waals surface area (Å²) in [5, 5.41) is 5.83. The maximum Gasteiger partial charge on any atom is 0.290 e. The lowest BCUT2D eigenvalue weighted by Crippen LogP contribution is -2.49. The van der Waals surface area contributed by atoms with Gasteiger partial charge in [-0.2, -0.15) is 0 Å². The van der Waals surface area contributed by atoms with Crippen LogP contribution in [0.2, 0.25) is 5.02 Å². The summed E-state index contributed by atoms with van der Waals surface area (Å²) in [4.78, 5) is 39.2. The molecule has 1 aromatic heterocycles. The minimum Gasteiger partial charge on any atom is -0.459 e. The highest BCUT2D eigenvalue weighted by Crippen LogP contribution is 2.24. The predicted octanol–water partition coefficient (Wildman–Crippen LogP) is 3.71. The third-order valence-electron chi connectivity index (χ3n) is 4.82. The number of hydrogen-bond donors (Lipinski definition) is 2. The molecule has 1 saturated heterocycles. The maximum absolute atomic E-state index is 12.9. The summed E-state index contributed by atoms with van der Waals surface area (Å²) in [6.07, 6.45) is 4.53. The number of furan rings is 1. The Hall–Kier alpha value is -2.80. The van der Waals surface area contributed by atoms with Gasteiger partial charge in [0.25, 0.3) is 11.8 Å². The SMILES string of the molecule is CCCNC(=O)c1ccc(NC(=O)C2CCCCN2C(=O)c2ccco2)cc1Cl. The highest BCUT2D eigenvalue weighted by Gasteiger charge is 2.33. The van der Waals surface area contributed by atoms with Gasteiger partial charge in [0.15, 0.2) is 5.76 Å². The number of amides is 3. The van der Waals surface area contributed by atoms with Gasteiger partial charge >= 0.3 is 0 Å². The van der Waals surface area contributed by atoms with Crippen molar-refractivity contribution in [3.63, 3.8) is 0 Å². The van der Waals surface area contributed by atoms with Crippen LogP contribution in [0.1, 0.15) is 53.5 Å². The average Bonchev–Trinajstić information content (AvgIpc) is 3.26. The van der Waals surface area contributed by atoms with Gasteiger partial charge in [0.1, 0.15) is 6.04 Å². The lowest BCUT2D eigenvalue weighted by molar-refractivity contribution is -0.121. The molecule has 1 aliphatic heterocycles. The Labute approximate surface area is 174 Å². The summed E-state index contributed by atoms with van der Waals surface area (Å²) in [5.74, 6) is -0.618. The first-order chi connectivity index (χ1) is 14.0. The van der Waals surface area contributed by atoms with Crippen LogP contribution in [0.4, 0.5) is 5.69 Å². The van der Waals surface area contributed by atoms with E-state index in [-0.39, 0.29) is 28.5 Å². The van der Waals surface area contributed by atoms with Crippen molar-refractivity contribution in [1.82, 2.24) is 10.2 Å². The van der Waals surface area contributed by atoms with Crippen LogP contribution in [0.25, 0.3) is 0 Å². The zero-order valence-corrected chi connectivity index (χ0v) is 17.0. The van der Waals surface area contributed by atoms with Gasteiger partial charge in [0.05, 0.1) is 16.8 Å². The van der Waals surface area contributed by atoms with Crippen molar-refractivity contribution in [2.24, 2.45) is 0 Å². The minimum atomic E-state index is -0.590. The van der Waals surface area contributed by atoms with Gasteiger partial charge in [0.2, 0.25) is 5.91 Å². The molecule has 1 unspecified atom stereocenters. The second-order valence-electron chi connectivity index (χ2n) is 6.93. The Balaban J connectivity index is 1.70. The Kier molecular flexibility index (Phi) is 6.93. The zero-order chi connectivity index (χ0) is 20.8. The number of carbonyl (C=O) groups excluding carboxylic acids is 3. The van der Waals surface area contributed by atoms with Crippen molar-refractivity contribution in [1.29, 1.82) is 0 Å². The summed E-state index contributed by atoms with van der Waals surface area (Å²) >= 11 is 6.23. The number of halogens is 1. The molecule has 3 amide bonds. The Morgan fingerprint density at radius 3 is 2.76 bits per heavy atom. The standard InChI is InChI=1S/C21H24ClN3O4/c1-2-10-23-19(26)15-9-8-14(13-16(15)22)24-20(27)17-6-3-4-11-25(17)21(28)18-7-5-12-29-18/h5,7-9,12-13,17H,2-4,6,10-11H2,1H3,(H,23,26)(H,24,27). The van der Waals surface area contributed by atoms with Crippen molar-refractivity contribution < 1.29 is 18.8 Å². The molecule has 2 heterocycles. The van der Waals surface area contributed by atoms with Gasteiger partial charge in [-0.1, -0.05) is 18.5 Å². The van der Waals surface area contributed by atoms with Crippen molar-refractivity contribution in [2.45, 2.75) is 38.6 Å². The Morgan fingerprint density at radius 2 is 2.07 bits per heavy atom. The molecule has 0 saturated carbocycles. The molecule has 2 aromatic rings. The molecule has 0 bridgehead atoms. The number of anilines is 1. The lowest BCUT2D eigenvalue weighted by atomic mass is 10.0. The normalized spacial score (nSPS) is 16.3. The first-order valence-electron chi connectivity index (χ1n) is 9.74. The van der Waals surface area contributed by atoms with E-state index in [0.29, 0.717) is 30.8 Å². The van der Waals surface area contributed by atoms with E-state index in [2.05, 4.69) is 10.6 Å². The fourth-order valence-electron chi connectivity index (χ4n) is 3.33. The molecule has 3 rings (SSSR count). The number of likely N-dealkylation sites (tertiary alicyclic amines) is 1. The summed E-state index contributed by atoms with van der Waals surface area (Å²) in [7, 11) is 0. The maximum atomic E-state index is 12.9. The number of hydrogen-bond acceptors (Lipinski definition) is 4. The van der Waals surface area contributed by atoms with E-state index < -0.39 is 6.04 Å². The molecular formula is C21H24ClN3O4. The molecule has 154 valence electrons. The lowest BCUT2D eigenvalue weighted by Gasteiger charge is -2.34. The Bertz CT molecular complexity index is 882. The average molecular weight is 418 g/mol. The number of rotatable bonds is 6. The van der Waals surface area contributed by atoms with E-state index in [1.54, 1.807) is 35.2 Å². The number of benzene rings is 1. The number of nitrogens with one attached hydrogen (secondary N) is 2. The molecule has 7 nitrogen and oxygen atoms in total. The largest absolute Gasteiger partial charge is 0.459 e. The van der Waals surface area contributed by atoms with Crippen LogP contribution in [0.3, 0.4) is 0 Å². The van der Waals surface area contributed by atoms with Crippen LogP contribution in [0.5, 0.6) is 0 Å². The van der Waals surface area contributed by atoms with Crippen LogP contribution < -0.4 is 10.6 Å². The van der Waals surface area contributed by atoms with Crippen molar-refractivity contribution in [3.05, 3.63) is 52.9 Å². The molecule has 0 aliphatic carbocycles. The molecule has 0 radical (unpaired) electrons. The topological polar surface area (TPSA) is 91.7 Å². The van der Waals surface area contributed by atoms with Crippen LogP contribution in [-0.2, 0) is 4.79 Å². The van der Waals surface area contributed by atoms with Gasteiger partial charge in [-0.15, -0.1) is 0 Å². The summed E-state index contributed by atoms with van der Waals surface area (Å²) in [5.41, 5.74) is 0.827. The second kappa shape index (κ2) is 9.60. The van der Waals surface area contributed by atoms with E-state index in [1.165, 1.54) is 6.26 Å². The zero-order valence-electron chi connectivity index (χ0n) is 16.2. The molecule has 1 aliphatic rings. The fraction of sp³-hybridized carbons (Fsp3) is 0.381. The van der Waals surface area contributed by atoms with Crippen LogP contribution in [0.15, 0.2) is 41.0 Å². The van der Waals surface area contributed by atoms with E-state index >= 15 is 0 Å². The molecule has 8 heteroatoms. The summed E-state index contributed by atoms with van der Waals surface area (Å²) < 4.78 is 5.20. The molecule has 29 heavy (non-hydrogen) atoms. The third-order valence-corrected chi connectivity index (χ3v) is 5.13. The van der Waals surface area contributed by atoms with Gasteiger partial charge in [0, 0.05) is 18.8 Å². The van der Waals surface area contributed by atoms with Crippen molar-refractivity contribution in [3.8, 4) is 0 Å². The van der Waals surface area contributed by atoms with E-state index in [1.807, 2.05) is 6.92 Å². The molecule has 1 fully saturated rings. The number of carbonyl (C=O) groups is 3. The Morgan fingerprint density at radius 1 is 1.24 bits per heavy atom. The second-order valence-corrected chi connectivity index (χ2v) is 7.33. The third kappa shape index (κ3) is 4.98. The van der Waals surface area contributed by atoms with Gasteiger partial charge in [-0.3, -0.25) is 14.4 Å². The summed E-state index contributed by atoms with van der Waals surface area (Å²) in [6.45, 7) is 3.02. The number of nitrogens with zero attached hydrogens (tertiary/aromatic N) is 1. The van der Waals surface area contributed by atoms with Crippen LogP contribution >= 0.6 is 11.6 Å². The van der Waals surface area contributed by atoms with Crippen molar-refractivity contribution >= 4 is 35.0 Å².